The van der Waals surface area contributed by atoms with Crippen molar-refractivity contribution in [2.75, 3.05) is 5.32 Å². The van der Waals surface area contributed by atoms with Crippen molar-refractivity contribution in [3.8, 4) is 0 Å². The molecule has 1 amide bonds. The minimum atomic E-state index is -4.65. The number of alkyl halides is 3. The number of thioether (sulfide) groups is 1. The van der Waals surface area contributed by atoms with Gasteiger partial charge in [-0.25, -0.2) is 0 Å². The molecule has 140 valence electrons. The van der Waals surface area contributed by atoms with Crippen LogP contribution in [-0.4, -0.2) is 16.1 Å². The number of hydrogen-bond acceptors (Lipinski definition) is 5. The van der Waals surface area contributed by atoms with Crippen molar-refractivity contribution in [3.05, 3.63) is 70.2 Å². The van der Waals surface area contributed by atoms with Gasteiger partial charge in [0.25, 0.3) is 0 Å². The smallest absolute Gasteiger partial charge is 0.324 e. The molecule has 1 atom stereocenters. The van der Waals surface area contributed by atoms with Crippen LogP contribution in [0.2, 0.25) is 5.02 Å². The van der Waals surface area contributed by atoms with E-state index in [9.17, 15) is 18.0 Å². The Morgan fingerprint density at radius 1 is 1.19 bits per heavy atom. The second kappa shape index (κ2) is 8.28. The van der Waals surface area contributed by atoms with Crippen molar-refractivity contribution in [1.82, 2.24) is 10.2 Å². The number of amides is 1. The van der Waals surface area contributed by atoms with Crippen molar-refractivity contribution in [3.63, 3.8) is 0 Å². The van der Waals surface area contributed by atoms with E-state index in [1.165, 1.54) is 22.9 Å². The maximum absolute atomic E-state index is 13.3. The average Bonchev–Trinajstić information content (AvgIpc) is 3.14. The molecule has 0 saturated carbocycles. The first-order valence-electron chi connectivity index (χ1n) is 7.50. The van der Waals surface area contributed by atoms with Crippen LogP contribution in [0.15, 0.2) is 58.4 Å². The van der Waals surface area contributed by atoms with E-state index in [1.54, 1.807) is 30.3 Å². The van der Waals surface area contributed by atoms with Crippen LogP contribution in [0.3, 0.4) is 0 Å². The van der Waals surface area contributed by atoms with E-state index >= 15 is 0 Å². The molecule has 0 aliphatic heterocycles. The van der Waals surface area contributed by atoms with Gasteiger partial charge in [0.1, 0.15) is 10.8 Å². The molecule has 1 aromatic heterocycles. The fourth-order valence-electron chi connectivity index (χ4n) is 2.27. The number of hydrogen-bond donors (Lipinski definition) is 1. The Morgan fingerprint density at radius 3 is 2.56 bits per heavy atom. The molecule has 0 aliphatic rings. The summed E-state index contributed by atoms with van der Waals surface area (Å²) in [6.07, 6.45) is -4.65. The molecule has 0 fully saturated rings. The topological polar surface area (TPSA) is 54.9 Å². The van der Waals surface area contributed by atoms with E-state index in [2.05, 4.69) is 15.5 Å². The van der Waals surface area contributed by atoms with Crippen LogP contribution in [-0.2, 0) is 11.0 Å². The normalized spacial score (nSPS) is 12.6. The molecular formula is C17H11ClF3N3OS2. The van der Waals surface area contributed by atoms with Gasteiger partial charge >= 0.3 is 6.18 Å². The highest BCUT2D eigenvalue weighted by molar-refractivity contribution is 8.01. The lowest BCUT2D eigenvalue weighted by atomic mass is 10.1. The summed E-state index contributed by atoms with van der Waals surface area (Å²) < 4.78 is 40.4. The third-order valence-corrected chi connectivity index (χ3v) is 5.74. The maximum Gasteiger partial charge on any atom is 0.418 e. The zero-order valence-corrected chi connectivity index (χ0v) is 15.8. The van der Waals surface area contributed by atoms with Crippen molar-refractivity contribution in [2.24, 2.45) is 0 Å². The summed E-state index contributed by atoms with van der Waals surface area (Å²) in [7, 11) is 0. The molecule has 4 nitrogen and oxygen atoms in total. The minimum Gasteiger partial charge on any atom is -0.324 e. The van der Waals surface area contributed by atoms with Crippen LogP contribution in [0.1, 0.15) is 16.4 Å². The molecule has 0 bridgehead atoms. The standard InChI is InChI=1S/C17H11ClF3N3OS2/c18-11-6-7-13(12(8-11)17(19,20)21)23-15(25)14(10-4-2-1-3-5-10)27-16-24-22-9-26-16/h1-9,14H,(H,23,25)/t14-/m0/s1. The highest BCUT2D eigenvalue weighted by Crippen LogP contribution is 2.39. The molecule has 1 N–H and O–H groups in total. The van der Waals surface area contributed by atoms with Gasteiger partial charge in [-0.05, 0) is 23.8 Å². The first kappa shape index (κ1) is 19.7. The van der Waals surface area contributed by atoms with Gasteiger partial charge in [0.05, 0.1) is 11.3 Å². The van der Waals surface area contributed by atoms with Crippen LogP contribution >= 0.6 is 34.7 Å². The summed E-state index contributed by atoms with van der Waals surface area (Å²) in [6, 6.07) is 12.0. The second-order valence-electron chi connectivity index (χ2n) is 5.29. The molecule has 0 unspecified atom stereocenters. The predicted octanol–water partition coefficient (Wildman–Crippen LogP) is 5.68. The molecule has 2 aromatic carbocycles. The number of aromatic nitrogens is 2. The quantitative estimate of drug-likeness (QED) is 0.530. The Bertz CT molecular complexity index is 921. The van der Waals surface area contributed by atoms with Gasteiger partial charge in [0.2, 0.25) is 5.91 Å². The lowest BCUT2D eigenvalue weighted by molar-refractivity contribution is -0.137. The van der Waals surface area contributed by atoms with Gasteiger partial charge < -0.3 is 5.32 Å². The third kappa shape index (κ3) is 5.00. The van der Waals surface area contributed by atoms with Gasteiger partial charge in [-0.2, -0.15) is 13.2 Å². The SMILES string of the molecule is O=C(Nc1ccc(Cl)cc1C(F)(F)F)[C@@H](Sc1nncs1)c1ccccc1. The van der Waals surface area contributed by atoms with Crippen LogP contribution in [0.4, 0.5) is 18.9 Å². The van der Waals surface area contributed by atoms with E-state index < -0.39 is 22.9 Å². The Hall–Kier alpha value is -2.10. The number of rotatable bonds is 5. The summed E-state index contributed by atoms with van der Waals surface area (Å²) in [5.41, 5.74) is 0.799. The van der Waals surface area contributed by atoms with E-state index in [0.717, 1.165) is 23.9 Å². The molecule has 3 rings (SSSR count). The lowest BCUT2D eigenvalue weighted by Gasteiger charge is -2.18. The summed E-state index contributed by atoms with van der Waals surface area (Å²) >= 11 is 8.04. The van der Waals surface area contributed by atoms with Crippen LogP contribution < -0.4 is 5.32 Å². The minimum absolute atomic E-state index is 0.0665. The second-order valence-corrected chi connectivity index (χ2v) is 7.91. The Labute approximate surface area is 165 Å². The Morgan fingerprint density at radius 2 is 1.93 bits per heavy atom. The fourth-order valence-corrected chi connectivity index (χ4v) is 4.12. The van der Waals surface area contributed by atoms with Crippen LogP contribution in [0.25, 0.3) is 0 Å². The number of benzene rings is 2. The van der Waals surface area contributed by atoms with E-state index in [-0.39, 0.29) is 10.7 Å². The Kier molecular flexibility index (Phi) is 6.03. The third-order valence-electron chi connectivity index (χ3n) is 3.44. The average molecular weight is 430 g/mol. The van der Waals surface area contributed by atoms with E-state index in [4.69, 9.17) is 11.6 Å². The van der Waals surface area contributed by atoms with Crippen molar-refractivity contribution >= 4 is 46.3 Å². The highest BCUT2D eigenvalue weighted by atomic mass is 35.5. The molecular weight excluding hydrogens is 419 g/mol. The molecule has 0 aliphatic carbocycles. The largest absolute Gasteiger partial charge is 0.418 e. The first-order valence-corrected chi connectivity index (χ1v) is 9.63. The lowest BCUT2D eigenvalue weighted by Crippen LogP contribution is -2.21. The zero-order valence-electron chi connectivity index (χ0n) is 13.4. The van der Waals surface area contributed by atoms with Crippen LogP contribution in [0.5, 0.6) is 0 Å². The van der Waals surface area contributed by atoms with Crippen molar-refractivity contribution < 1.29 is 18.0 Å². The van der Waals surface area contributed by atoms with Gasteiger partial charge in [0, 0.05) is 5.02 Å². The molecule has 10 heteroatoms. The summed E-state index contributed by atoms with van der Waals surface area (Å²) in [6.45, 7) is 0. The summed E-state index contributed by atoms with van der Waals surface area (Å²) in [4.78, 5) is 12.8. The molecule has 0 radical (unpaired) electrons. The molecule has 1 heterocycles. The highest BCUT2D eigenvalue weighted by Gasteiger charge is 2.35. The maximum atomic E-state index is 13.3. The molecule has 27 heavy (non-hydrogen) atoms. The summed E-state index contributed by atoms with van der Waals surface area (Å²) in [5.74, 6) is -0.603. The van der Waals surface area contributed by atoms with Gasteiger partial charge in [-0.3, -0.25) is 4.79 Å². The molecule has 0 saturated heterocycles. The van der Waals surface area contributed by atoms with Crippen molar-refractivity contribution in [2.45, 2.75) is 15.8 Å². The summed E-state index contributed by atoms with van der Waals surface area (Å²) in [5, 5.41) is 9.13. The van der Waals surface area contributed by atoms with E-state index in [0.29, 0.717) is 9.90 Å². The van der Waals surface area contributed by atoms with E-state index in [1.807, 2.05) is 0 Å². The first-order chi connectivity index (χ1) is 12.8. The predicted molar refractivity (Wildman–Crippen MR) is 100 cm³/mol. The van der Waals surface area contributed by atoms with Gasteiger partial charge in [-0.1, -0.05) is 65.0 Å². The zero-order chi connectivity index (χ0) is 19.4. The van der Waals surface area contributed by atoms with Gasteiger partial charge in [0.15, 0.2) is 4.34 Å². The van der Waals surface area contributed by atoms with Gasteiger partial charge in [-0.15, -0.1) is 10.2 Å². The number of carbonyl (C=O) groups is 1. The molecule has 3 aromatic rings. The number of anilines is 1. The number of nitrogens with zero attached hydrogens (tertiary/aromatic N) is 2. The Balaban J connectivity index is 1.92. The number of nitrogens with one attached hydrogen (secondary N) is 1. The van der Waals surface area contributed by atoms with Crippen LogP contribution in [0, 0.1) is 0 Å². The van der Waals surface area contributed by atoms with Crippen molar-refractivity contribution in [1.29, 1.82) is 0 Å². The fraction of sp³-hybridized carbons (Fsp3) is 0.118. The number of carbonyl (C=O) groups excluding carboxylic acids is 1. The number of halogens is 4. The monoisotopic (exact) mass is 429 g/mol. The molecule has 0 spiro atoms.